The molecule has 1 fully saturated rings. The van der Waals surface area contributed by atoms with Gasteiger partial charge in [-0.25, -0.2) is 0 Å². The van der Waals surface area contributed by atoms with Crippen molar-refractivity contribution in [1.29, 1.82) is 0 Å². The molecule has 0 aromatic rings. The maximum Gasteiger partial charge on any atom is 0.242 e. The molecule has 82 valence electrons. The zero-order valence-corrected chi connectivity index (χ0v) is 9.55. The lowest BCUT2D eigenvalue weighted by Gasteiger charge is -2.39. The van der Waals surface area contributed by atoms with Crippen LogP contribution in [0.2, 0.25) is 0 Å². The highest BCUT2D eigenvalue weighted by molar-refractivity contribution is 5.86. The van der Waals surface area contributed by atoms with Crippen LogP contribution in [0, 0.1) is 0 Å². The van der Waals surface area contributed by atoms with Crippen LogP contribution in [0.4, 0.5) is 0 Å². The van der Waals surface area contributed by atoms with Gasteiger partial charge in [-0.3, -0.25) is 4.79 Å². The van der Waals surface area contributed by atoms with Crippen molar-refractivity contribution in [3.63, 3.8) is 0 Å². The van der Waals surface area contributed by atoms with E-state index in [9.17, 15) is 4.79 Å². The molecular formula is C11H22N2O. The standard InChI is InChI=1S/C11H22N2O/c1-4-11(12,5-2)10(14)13(3)9-7-6-8-9/h9H,4-8,12H2,1-3H3. The zero-order valence-electron chi connectivity index (χ0n) is 9.55. The monoisotopic (exact) mass is 198 g/mol. The molecule has 0 radical (unpaired) electrons. The second-order valence-corrected chi connectivity index (χ2v) is 4.36. The third-order valence-corrected chi connectivity index (χ3v) is 3.63. The topological polar surface area (TPSA) is 46.3 Å². The van der Waals surface area contributed by atoms with Gasteiger partial charge < -0.3 is 10.6 Å². The molecule has 3 nitrogen and oxygen atoms in total. The van der Waals surface area contributed by atoms with Crippen molar-refractivity contribution in [2.24, 2.45) is 5.73 Å². The van der Waals surface area contributed by atoms with Crippen LogP contribution in [0.15, 0.2) is 0 Å². The van der Waals surface area contributed by atoms with Crippen LogP contribution in [-0.4, -0.2) is 29.4 Å². The van der Waals surface area contributed by atoms with Crippen LogP contribution in [0.3, 0.4) is 0 Å². The molecule has 0 unspecified atom stereocenters. The molecule has 0 spiro atoms. The van der Waals surface area contributed by atoms with Crippen molar-refractivity contribution in [2.75, 3.05) is 7.05 Å². The van der Waals surface area contributed by atoms with Gasteiger partial charge in [0.1, 0.15) is 0 Å². The zero-order chi connectivity index (χ0) is 10.8. The van der Waals surface area contributed by atoms with E-state index in [2.05, 4.69) is 0 Å². The summed E-state index contributed by atoms with van der Waals surface area (Å²) in [5.41, 5.74) is 5.43. The van der Waals surface area contributed by atoms with E-state index in [1.165, 1.54) is 6.42 Å². The van der Waals surface area contributed by atoms with Crippen molar-refractivity contribution in [1.82, 2.24) is 4.90 Å². The number of hydrogen-bond acceptors (Lipinski definition) is 2. The van der Waals surface area contributed by atoms with E-state index < -0.39 is 5.54 Å². The molecule has 0 atom stereocenters. The molecule has 2 N–H and O–H groups in total. The number of carbonyl (C=O) groups excluding carboxylic acids is 1. The smallest absolute Gasteiger partial charge is 0.242 e. The van der Waals surface area contributed by atoms with Gasteiger partial charge in [-0.05, 0) is 32.1 Å². The van der Waals surface area contributed by atoms with E-state index >= 15 is 0 Å². The van der Waals surface area contributed by atoms with Crippen LogP contribution in [0.25, 0.3) is 0 Å². The van der Waals surface area contributed by atoms with Gasteiger partial charge >= 0.3 is 0 Å². The average molecular weight is 198 g/mol. The normalized spacial score (nSPS) is 17.7. The van der Waals surface area contributed by atoms with E-state index in [-0.39, 0.29) is 5.91 Å². The second kappa shape index (κ2) is 4.30. The molecular weight excluding hydrogens is 176 g/mol. The van der Waals surface area contributed by atoms with Gasteiger partial charge in [0.2, 0.25) is 5.91 Å². The SMILES string of the molecule is CCC(N)(CC)C(=O)N(C)C1CCC1. The quantitative estimate of drug-likeness (QED) is 0.744. The number of rotatable bonds is 4. The highest BCUT2D eigenvalue weighted by atomic mass is 16.2. The first-order valence-electron chi connectivity index (χ1n) is 5.61. The highest BCUT2D eigenvalue weighted by Crippen LogP contribution is 2.26. The maximum absolute atomic E-state index is 12.1. The Morgan fingerprint density at radius 3 is 2.21 bits per heavy atom. The fourth-order valence-electron chi connectivity index (χ4n) is 1.84. The number of amides is 1. The first-order valence-corrected chi connectivity index (χ1v) is 5.61. The number of carbonyl (C=O) groups is 1. The predicted molar refractivity (Wildman–Crippen MR) is 57.9 cm³/mol. The van der Waals surface area contributed by atoms with Crippen LogP contribution in [0.5, 0.6) is 0 Å². The van der Waals surface area contributed by atoms with Crippen molar-refractivity contribution >= 4 is 5.91 Å². The van der Waals surface area contributed by atoms with Crippen LogP contribution >= 0.6 is 0 Å². The number of nitrogens with two attached hydrogens (primary N) is 1. The molecule has 1 rings (SSSR count). The Morgan fingerprint density at radius 2 is 1.93 bits per heavy atom. The lowest BCUT2D eigenvalue weighted by molar-refractivity contribution is -0.139. The van der Waals surface area contributed by atoms with Crippen molar-refractivity contribution in [3.05, 3.63) is 0 Å². The van der Waals surface area contributed by atoms with E-state index in [1.54, 1.807) is 0 Å². The third kappa shape index (κ3) is 1.92. The van der Waals surface area contributed by atoms with Gasteiger partial charge in [0.15, 0.2) is 0 Å². The first-order chi connectivity index (χ1) is 6.55. The highest BCUT2D eigenvalue weighted by Gasteiger charge is 2.36. The van der Waals surface area contributed by atoms with Crippen molar-refractivity contribution < 1.29 is 4.79 Å². The minimum Gasteiger partial charge on any atom is -0.341 e. The Kier molecular flexibility index (Phi) is 3.53. The van der Waals surface area contributed by atoms with Gasteiger partial charge in [0.05, 0.1) is 5.54 Å². The fraction of sp³-hybridized carbons (Fsp3) is 0.909. The fourth-order valence-corrected chi connectivity index (χ4v) is 1.84. The first kappa shape index (κ1) is 11.5. The third-order valence-electron chi connectivity index (χ3n) is 3.63. The number of hydrogen-bond donors (Lipinski definition) is 1. The average Bonchev–Trinajstić information content (AvgIpc) is 2.12. The lowest BCUT2D eigenvalue weighted by Crippen LogP contribution is -2.57. The summed E-state index contributed by atoms with van der Waals surface area (Å²) in [4.78, 5) is 13.9. The van der Waals surface area contributed by atoms with Crippen molar-refractivity contribution in [3.8, 4) is 0 Å². The minimum absolute atomic E-state index is 0.118. The molecule has 0 heterocycles. The summed E-state index contributed by atoms with van der Waals surface area (Å²) in [5, 5.41) is 0. The van der Waals surface area contributed by atoms with Gasteiger partial charge in [-0.15, -0.1) is 0 Å². The van der Waals surface area contributed by atoms with Gasteiger partial charge in [0.25, 0.3) is 0 Å². The molecule has 1 aliphatic carbocycles. The summed E-state index contributed by atoms with van der Waals surface area (Å²) in [7, 11) is 1.89. The van der Waals surface area contributed by atoms with Gasteiger partial charge in [-0.2, -0.15) is 0 Å². The molecule has 1 amide bonds. The number of nitrogens with zero attached hydrogens (tertiary/aromatic N) is 1. The summed E-state index contributed by atoms with van der Waals surface area (Å²) < 4.78 is 0. The lowest BCUT2D eigenvalue weighted by atomic mass is 9.87. The molecule has 0 aromatic carbocycles. The Bertz CT molecular complexity index is 207. The Hall–Kier alpha value is -0.570. The van der Waals surface area contributed by atoms with Gasteiger partial charge in [0, 0.05) is 13.1 Å². The molecule has 0 aromatic heterocycles. The van der Waals surface area contributed by atoms with Crippen LogP contribution in [0.1, 0.15) is 46.0 Å². The molecule has 1 saturated carbocycles. The molecule has 3 heteroatoms. The molecule has 1 aliphatic rings. The van der Waals surface area contributed by atoms with E-state index in [0.717, 1.165) is 25.7 Å². The minimum atomic E-state index is -0.635. The van der Waals surface area contributed by atoms with E-state index in [4.69, 9.17) is 5.73 Å². The molecule has 0 bridgehead atoms. The summed E-state index contributed by atoms with van der Waals surface area (Å²) in [6, 6.07) is 0.448. The maximum atomic E-state index is 12.1. The Morgan fingerprint density at radius 1 is 1.43 bits per heavy atom. The summed E-state index contributed by atoms with van der Waals surface area (Å²) in [6.45, 7) is 3.96. The van der Waals surface area contributed by atoms with Crippen LogP contribution in [-0.2, 0) is 4.79 Å². The van der Waals surface area contributed by atoms with E-state index in [0.29, 0.717) is 6.04 Å². The van der Waals surface area contributed by atoms with Gasteiger partial charge in [-0.1, -0.05) is 13.8 Å². The largest absolute Gasteiger partial charge is 0.341 e. The summed E-state index contributed by atoms with van der Waals surface area (Å²) in [5.74, 6) is 0.118. The second-order valence-electron chi connectivity index (χ2n) is 4.36. The van der Waals surface area contributed by atoms with Crippen LogP contribution < -0.4 is 5.73 Å². The summed E-state index contributed by atoms with van der Waals surface area (Å²) >= 11 is 0. The predicted octanol–water partition coefficient (Wildman–Crippen LogP) is 1.51. The Balaban J connectivity index is 2.61. The summed E-state index contributed by atoms with van der Waals surface area (Å²) in [6.07, 6.45) is 4.98. The molecule has 14 heavy (non-hydrogen) atoms. The number of likely N-dealkylation sites (N-methyl/N-ethyl adjacent to an activating group) is 1. The molecule has 0 aliphatic heterocycles. The van der Waals surface area contributed by atoms with Crippen molar-refractivity contribution in [2.45, 2.75) is 57.5 Å². The molecule has 0 saturated heterocycles. The Labute approximate surface area is 86.6 Å². The van der Waals surface area contributed by atoms with E-state index in [1.807, 2.05) is 25.8 Å².